The van der Waals surface area contributed by atoms with Crippen molar-refractivity contribution in [2.24, 2.45) is 0 Å². The predicted molar refractivity (Wildman–Crippen MR) is 167 cm³/mol. The lowest BCUT2D eigenvalue weighted by Gasteiger charge is -2.33. The molecule has 0 unspecified atom stereocenters. The van der Waals surface area contributed by atoms with Crippen LogP contribution in [-0.4, -0.2) is 112 Å². The van der Waals surface area contributed by atoms with Crippen LogP contribution in [0.3, 0.4) is 0 Å². The van der Waals surface area contributed by atoms with Gasteiger partial charge in [0.1, 0.15) is 0 Å². The van der Waals surface area contributed by atoms with Crippen LogP contribution in [0.4, 0.5) is 0 Å². The lowest BCUT2D eigenvalue weighted by atomic mass is 10.3. The average Bonchev–Trinajstić information content (AvgIpc) is 2.98. The van der Waals surface area contributed by atoms with Gasteiger partial charge in [-0.05, 0) is 13.8 Å². The van der Waals surface area contributed by atoms with Crippen LogP contribution in [0.5, 0.6) is 11.5 Å². The van der Waals surface area contributed by atoms with Gasteiger partial charge in [-0.1, -0.05) is 11.8 Å². The molecule has 0 saturated carbocycles. The summed E-state index contributed by atoms with van der Waals surface area (Å²) in [5, 5.41) is 22.1. The SMILES string of the molecule is C#CCN1CCN(CCn2ccc(=O)c(O)c2C)CC1.C#CCN1CCNCC1.Cc1c(O)c(=O)ccn1CCCl.[HH]. The molecule has 2 aliphatic heterocycles. The Kier molecular flexibility index (Phi) is 15.1. The summed E-state index contributed by atoms with van der Waals surface area (Å²) in [5.74, 6) is 5.43. The number of piperazine rings is 2. The fourth-order valence-electron chi connectivity index (χ4n) is 4.45. The van der Waals surface area contributed by atoms with Crippen LogP contribution in [0, 0.1) is 38.5 Å². The smallest absolute Gasteiger partial charge is 0.223 e. The summed E-state index contributed by atoms with van der Waals surface area (Å²) in [6.07, 6.45) is 13.8. The molecule has 0 spiro atoms. The highest BCUT2D eigenvalue weighted by Crippen LogP contribution is 2.10. The zero-order valence-electron chi connectivity index (χ0n) is 24.2. The summed E-state index contributed by atoms with van der Waals surface area (Å²) in [4.78, 5) is 29.1. The van der Waals surface area contributed by atoms with Crippen molar-refractivity contribution in [2.45, 2.75) is 26.9 Å². The van der Waals surface area contributed by atoms with Crippen molar-refractivity contribution in [3.05, 3.63) is 56.4 Å². The first-order valence-corrected chi connectivity index (χ1v) is 14.3. The van der Waals surface area contributed by atoms with Crippen LogP contribution in [0.1, 0.15) is 12.8 Å². The number of aromatic nitrogens is 2. The molecule has 2 aliphatic rings. The molecule has 2 aromatic rings. The summed E-state index contributed by atoms with van der Waals surface area (Å²) in [5.41, 5.74) is 0.520. The summed E-state index contributed by atoms with van der Waals surface area (Å²) >= 11 is 5.52. The van der Waals surface area contributed by atoms with Crippen molar-refractivity contribution < 1.29 is 11.6 Å². The zero-order chi connectivity index (χ0) is 30.2. The Bertz CT molecular complexity index is 1290. The molecule has 226 valence electrons. The molecule has 41 heavy (non-hydrogen) atoms. The Balaban J connectivity index is 0.000000342. The number of terminal acetylenes is 2. The third-order valence-electron chi connectivity index (χ3n) is 7.11. The van der Waals surface area contributed by atoms with E-state index in [1.807, 2.05) is 4.57 Å². The van der Waals surface area contributed by atoms with Crippen LogP contribution in [-0.2, 0) is 13.1 Å². The number of pyridine rings is 2. The number of aromatic hydroxyl groups is 2. The van der Waals surface area contributed by atoms with E-state index >= 15 is 0 Å². The molecule has 4 heterocycles. The van der Waals surface area contributed by atoms with Gasteiger partial charge < -0.3 is 24.7 Å². The highest BCUT2D eigenvalue weighted by atomic mass is 35.5. The van der Waals surface area contributed by atoms with Crippen LogP contribution in [0.25, 0.3) is 0 Å². The first-order valence-electron chi connectivity index (χ1n) is 13.8. The van der Waals surface area contributed by atoms with Crippen LogP contribution < -0.4 is 16.2 Å². The van der Waals surface area contributed by atoms with Gasteiger partial charge in [0, 0.05) is 104 Å². The largest absolute Gasteiger partial charge is 0.503 e. The Morgan fingerprint density at radius 2 is 1.22 bits per heavy atom. The minimum Gasteiger partial charge on any atom is -0.503 e. The highest BCUT2D eigenvalue weighted by molar-refractivity contribution is 6.17. The van der Waals surface area contributed by atoms with E-state index in [0.29, 0.717) is 23.8 Å². The number of nitrogens with zero attached hydrogens (tertiary/aromatic N) is 5. The number of aryl methyl sites for hydroxylation is 1. The molecule has 10 nitrogen and oxygen atoms in total. The molecular weight excluding hydrogens is 544 g/mol. The van der Waals surface area contributed by atoms with E-state index in [0.717, 1.165) is 78.5 Å². The maximum Gasteiger partial charge on any atom is 0.223 e. The van der Waals surface area contributed by atoms with Crippen molar-refractivity contribution in [1.29, 1.82) is 0 Å². The Morgan fingerprint density at radius 3 is 1.68 bits per heavy atom. The normalized spacial score (nSPS) is 15.9. The third kappa shape index (κ3) is 11.3. The van der Waals surface area contributed by atoms with Crippen molar-refractivity contribution in [2.75, 3.05) is 77.9 Å². The van der Waals surface area contributed by atoms with Gasteiger partial charge in [-0.15, -0.1) is 24.4 Å². The number of nitrogens with one attached hydrogen (secondary N) is 1. The van der Waals surface area contributed by atoms with E-state index in [1.165, 1.54) is 12.1 Å². The average molecular weight is 589 g/mol. The highest BCUT2D eigenvalue weighted by Gasteiger charge is 2.16. The molecule has 0 aliphatic carbocycles. The molecule has 0 amide bonds. The van der Waals surface area contributed by atoms with Crippen molar-refractivity contribution in [3.63, 3.8) is 0 Å². The number of hydrogen-bond donors (Lipinski definition) is 3. The Hall–Kier alpha value is -3.25. The van der Waals surface area contributed by atoms with Gasteiger partial charge in [0.15, 0.2) is 11.5 Å². The standard InChI is InChI=1S/C15H21N3O2.C8H10ClNO2.C7H12N2.H2/c1-3-5-16-7-9-17(10-8-16)11-12-18-6-4-14(19)15(20)13(18)2;1-6-8(12)7(11)2-4-10(6)5-3-9;1-2-5-9-6-3-8-4-7-9;/h1,4,6,20H,5,7-12H2,2H3;2,4,12H,3,5H2,1H3;1,8H,3-7H2;1H. The minimum atomic E-state index is -0.349. The maximum atomic E-state index is 11.3. The lowest BCUT2D eigenvalue weighted by Crippen LogP contribution is -2.47. The second-order valence-corrected chi connectivity index (χ2v) is 10.2. The van der Waals surface area contributed by atoms with E-state index in [-0.39, 0.29) is 23.8 Å². The predicted octanol–water partition coefficient (Wildman–Crippen LogP) is 0.985. The van der Waals surface area contributed by atoms with Gasteiger partial charge in [0.2, 0.25) is 10.9 Å². The molecule has 4 rings (SSSR count). The zero-order valence-corrected chi connectivity index (χ0v) is 24.9. The van der Waals surface area contributed by atoms with Crippen LogP contribution in [0.15, 0.2) is 34.1 Å². The van der Waals surface area contributed by atoms with Gasteiger partial charge in [-0.2, -0.15) is 0 Å². The summed E-state index contributed by atoms with van der Waals surface area (Å²) in [6, 6.07) is 2.74. The van der Waals surface area contributed by atoms with E-state index in [2.05, 4.69) is 31.9 Å². The molecule has 3 N–H and O–H groups in total. The fourth-order valence-corrected chi connectivity index (χ4v) is 4.63. The Labute approximate surface area is 249 Å². The molecule has 0 aromatic carbocycles. The third-order valence-corrected chi connectivity index (χ3v) is 7.28. The van der Waals surface area contributed by atoms with E-state index in [9.17, 15) is 19.8 Å². The van der Waals surface area contributed by atoms with Gasteiger partial charge in [-0.3, -0.25) is 24.3 Å². The van der Waals surface area contributed by atoms with E-state index in [4.69, 9.17) is 24.4 Å². The van der Waals surface area contributed by atoms with Crippen LogP contribution in [0.2, 0.25) is 0 Å². The maximum absolute atomic E-state index is 11.3. The molecule has 2 aromatic heterocycles. The topological polar surface area (TPSA) is 106 Å². The monoisotopic (exact) mass is 588 g/mol. The molecule has 11 heteroatoms. The van der Waals surface area contributed by atoms with E-state index in [1.54, 1.807) is 30.8 Å². The van der Waals surface area contributed by atoms with Crippen LogP contribution >= 0.6 is 11.6 Å². The van der Waals surface area contributed by atoms with Gasteiger partial charge in [0.05, 0.1) is 24.5 Å². The number of hydrogen-bond acceptors (Lipinski definition) is 8. The minimum absolute atomic E-state index is 0. The summed E-state index contributed by atoms with van der Waals surface area (Å²) in [7, 11) is 0. The quantitative estimate of drug-likeness (QED) is 0.325. The van der Waals surface area contributed by atoms with E-state index < -0.39 is 0 Å². The fraction of sp³-hybridized carbons (Fsp3) is 0.533. The Morgan fingerprint density at radius 1 is 0.780 bits per heavy atom. The second kappa shape index (κ2) is 18.2. The molecular formula is C30H45ClN6O4. The van der Waals surface area contributed by atoms with Crippen molar-refractivity contribution in [3.8, 4) is 36.2 Å². The first kappa shape index (κ1) is 34.0. The summed E-state index contributed by atoms with van der Waals surface area (Å²) in [6.45, 7) is 15.6. The van der Waals surface area contributed by atoms with Gasteiger partial charge in [0.25, 0.3) is 0 Å². The van der Waals surface area contributed by atoms with Gasteiger partial charge in [-0.25, -0.2) is 0 Å². The number of rotatable bonds is 7. The number of alkyl halides is 1. The molecule has 2 saturated heterocycles. The molecule has 2 fully saturated rings. The molecule has 0 radical (unpaired) electrons. The van der Waals surface area contributed by atoms with Crippen molar-refractivity contribution >= 4 is 11.6 Å². The number of halogens is 1. The first-order chi connectivity index (χ1) is 19.7. The van der Waals surface area contributed by atoms with Gasteiger partial charge >= 0.3 is 0 Å². The summed E-state index contributed by atoms with van der Waals surface area (Å²) < 4.78 is 3.66. The lowest BCUT2D eigenvalue weighted by molar-refractivity contribution is 0.140. The second-order valence-electron chi connectivity index (χ2n) is 9.86. The molecule has 0 bridgehead atoms. The molecule has 0 atom stereocenters. The van der Waals surface area contributed by atoms with Crippen molar-refractivity contribution in [1.82, 2.24) is 29.2 Å².